The van der Waals surface area contributed by atoms with Gasteiger partial charge in [0.15, 0.2) is 6.10 Å². The topological polar surface area (TPSA) is 108 Å². The molecule has 0 aliphatic rings. The molecule has 2 unspecified atom stereocenters. The highest BCUT2D eigenvalue weighted by Gasteiger charge is 2.27. The van der Waals surface area contributed by atoms with E-state index in [9.17, 15) is 19.0 Å². The van der Waals surface area contributed by atoms with E-state index < -0.39 is 26.5 Å². The monoisotopic (exact) mass is 1030 g/mol. The fourth-order valence-corrected chi connectivity index (χ4v) is 8.64. The van der Waals surface area contributed by atoms with E-state index in [4.69, 9.17) is 18.5 Å². The first-order valence-electron chi connectivity index (χ1n) is 29.3. The minimum atomic E-state index is -4.39. The Morgan fingerprint density at radius 3 is 1.18 bits per heavy atom. The van der Waals surface area contributed by atoms with E-state index >= 15 is 0 Å². The van der Waals surface area contributed by atoms with Crippen LogP contribution in [0.1, 0.15) is 245 Å². The number of unbranched alkanes of at least 4 members (excludes halogenated alkanes) is 25. The molecular weight excluding hydrogens is 918 g/mol. The van der Waals surface area contributed by atoms with Crippen molar-refractivity contribution in [2.75, 3.05) is 47.5 Å². The Balaban J connectivity index is 4.18. The van der Waals surface area contributed by atoms with Crippen LogP contribution in [-0.2, 0) is 32.7 Å². The number of carbonyl (C=O) groups excluding carboxylic acids is 2. The van der Waals surface area contributed by atoms with Gasteiger partial charge in [0.1, 0.15) is 19.8 Å². The Labute approximate surface area is 443 Å². The molecule has 0 saturated carbocycles. The lowest BCUT2D eigenvalue weighted by atomic mass is 10.0. The first-order chi connectivity index (χ1) is 35.0. The van der Waals surface area contributed by atoms with Crippen molar-refractivity contribution >= 4 is 19.8 Å². The second kappa shape index (κ2) is 53.0. The van der Waals surface area contributed by atoms with Crippen LogP contribution in [0.15, 0.2) is 85.1 Å². The molecule has 0 aromatic heterocycles. The molecular formula is C62H111NO8P+. The van der Waals surface area contributed by atoms with Gasteiger partial charge in [-0.05, 0) is 89.9 Å². The second-order valence-corrected chi connectivity index (χ2v) is 22.1. The van der Waals surface area contributed by atoms with E-state index in [1.54, 1.807) is 0 Å². The zero-order valence-electron chi connectivity index (χ0n) is 47.1. The molecule has 0 radical (unpaired) electrons. The zero-order valence-corrected chi connectivity index (χ0v) is 48.0. The van der Waals surface area contributed by atoms with Crippen LogP contribution in [0.25, 0.3) is 0 Å². The molecule has 0 aliphatic heterocycles. The molecule has 416 valence electrons. The number of likely N-dealkylation sites (N-methyl/N-ethyl adjacent to an activating group) is 1. The Hall–Kier alpha value is -2.81. The number of hydrogen-bond donors (Lipinski definition) is 1. The van der Waals surface area contributed by atoms with Crippen LogP contribution in [-0.4, -0.2) is 74.9 Å². The summed E-state index contributed by atoms with van der Waals surface area (Å²) in [7, 11) is 1.46. The van der Waals surface area contributed by atoms with Gasteiger partial charge in [-0.15, -0.1) is 0 Å². The maximum Gasteiger partial charge on any atom is 0.472 e. The smallest absolute Gasteiger partial charge is 0.462 e. The van der Waals surface area contributed by atoms with Gasteiger partial charge in [-0.3, -0.25) is 18.6 Å². The van der Waals surface area contributed by atoms with E-state index in [1.807, 2.05) is 21.1 Å². The summed E-state index contributed by atoms with van der Waals surface area (Å²) < 4.78 is 34.6. The van der Waals surface area contributed by atoms with E-state index in [2.05, 4.69) is 98.9 Å². The summed E-state index contributed by atoms with van der Waals surface area (Å²) in [5, 5.41) is 0. The largest absolute Gasteiger partial charge is 0.472 e. The SMILES string of the molecule is CC/C=C\C/C=C\C/C=C\C/C=C\CCCCCCCCCCCCCCCCC(=O)OC(COC(=O)CCCCCCCC/C=C\C/C=C\C/C=C\CCCCCCC)COP(=O)(O)OCC[N+](C)(C)C. The third-order valence-electron chi connectivity index (χ3n) is 12.4. The highest BCUT2D eigenvalue weighted by molar-refractivity contribution is 7.47. The minimum Gasteiger partial charge on any atom is -0.462 e. The fraction of sp³-hybridized carbons (Fsp3) is 0.742. The number of quaternary nitrogens is 1. The third-order valence-corrected chi connectivity index (χ3v) is 13.4. The molecule has 2 atom stereocenters. The van der Waals surface area contributed by atoms with Crippen LogP contribution < -0.4 is 0 Å². The van der Waals surface area contributed by atoms with E-state index in [0.29, 0.717) is 17.4 Å². The van der Waals surface area contributed by atoms with Gasteiger partial charge >= 0.3 is 19.8 Å². The number of ether oxygens (including phenoxy) is 2. The minimum absolute atomic E-state index is 0.0262. The molecule has 10 heteroatoms. The lowest BCUT2D eigenvalue weighted by Gasteiger charge is -2.24. The van der Waals surface area contributed by atoms with Gasteiger partial charge in [-0.25, -0.2) is 4.57 Å². The molecule has 9 nitrogen and oxygen atoms in total. The molecule has 1 N–H and O–H groups in total. The Bertz CT molecular complexity index is 1490. The van der Waals surface area contributed by atoms with Crippen LogP contribution in [0.2, 0.25) is 0 Å². The van der Waals surface area contributed by atoms with Crippen molar-refractivity contribution in [1.29, 1.82) is 0 Å². The molecule has 0 fully saturated rings. The molecule has 0 bridgehead atoms. The van der Waals surface area contributed by atoms with Crippen molar-refractivity contribution in [1.82, 2.24) is 0 Å². The molecule has 0 spiro atoms. The first-order valence-corrected chi connectivity index (χ1v) is 30.8. The van der Waals surface area contributed by atoms with Crippen LogP contribution in [0.5, 0.6) is 0 Å². The zero-order chi connectivity index (χ0) is 52.7. The van der Waals surface area contributed by atoms with Gasteiger partial charge in [-0.2, -0.15) is 0 Å². The quantitative estimate of drug-likeness (QED) is 0.0211. The standard InChI is InChI=1S/C62H110NO8P/c1-6-8-10-12-14-16-18-20-22-24-26-28-29-30-31-32-33-35-37-39-41-43-45-47-49-51-53-55-62(65)71-60(59-70-72(66,67)69-57-56-63(3,4)5)58-68-61(64)54-52-50-48-46-44-42-40-38-36-34-27-25-23-21-19-17-15-13-11-9-7-2/h8,10,14,16,19-22,25-28,36,38,60H,6-7,9,11-13,15,17-18,23-24,29-35,37,39-59H2,1-5H3/p+1/b10-8-,16-14-,21-19-,22-20-,27-25-,28-26-,38-36-. The van der Waals surface area contributed by atoms with Crippen molar-refractivity contribution in [3.05, 3.63) is 85.1 Å². The number of phosphoric ester groups is 1. The fourth-order valence-electron chi connectivity index (χ4n) is 7.90. The molecule has 0 aromatic rings. The van der Waals surface area contributed by atoms with E-state index in [-0.39, 0.29) is 32.0 Å². The summed E-state index contributed by atoms with van der Waals surface area (Å²) in [5.74, 6) is -0.811. The van der Waals surface area contributed by atoms with Gasteiger partial charge in [0.05, 0.1) is 27.7 Å². The first kappa shape index (κ1) is 69.2. The summed E-state index contributed by atoms with van der Waals surface area (Å²) >= 11 is 0. The van der Waals surface area contributed by atoms with E-state index in [1.165, 1.54) is 122 Å². The Morgan fingerprint density at radius 2 is 0.792 bits per heavy atom. The molecule has 0 aromatic carbocycles. The van der Waals surface area contributed by atoms with Gasteiger partial charge in [0, 0.05) is 12.8 Å². The van der Waals surface area contributed by atoms with Gasteiger partial charge < -0.3 is 18.9 Å². The number of rotatable bonds is 53. The maximum absolute atomic E-state index is 12.8. The van der Waals surface area contributed by atoms with Gasteiger partial charge in [-0.1, -0.05) is 227 Å². The summed E-state index contributed by atoms with van der Waals surface area (Å²) in [6.45, 7) is 4.30. The summed E-state index contributed by atoms with van der Waals surface area (Å²) in [5.41, 5.74) is 0. The Kier molecular flexibility index (Phi) is 51.0. The highest BCUT2D eigenvalue weighted by Crippen LogP contribution is 2.43. The van der Waals surface area contributed by atoms with Crippen molar-refractivity contribution < 1.29 is 42.1 Å². The van der Waals surface area contributed by atoms with Crippen molar-refractivity contribution in [3.8, 4) is 0 Å². The number of esters is 2. The van der Waals surface area contributed by atoms with Crippen LogP contribution in [0.3, 0.4) is 0 Å². The number of phosphoric acid groups is 1. The number of nitrogens with zero attached hydrogens (tertiary/aromatic N) is 1. The predicted molar refractivity (Wildman–Crippen MR) is 307 cm³/mol. The van der Waals surface area contributed by atoms with Crippen LogP contribution in [0, 0.1) is 0 Å². The molecule has 72 heavy (non-hydrogen) atoms. The number of allylic oxidation sites excluding steroid dienone is 14. The summed E-state index contributed by atoms with van der Waals surface area (Å²) in [6, 6.07) is 0. The maximum atomic E-state index is 12.8. The van der Waals surface area contributed by atoms with E-state index in [0.717, 1.165) is 89.9 Å². The number of hydrogen-bond acceptors (Lipinski definition) is 7. The second-order valence-electron chi connectivity index (χ2n) is 20.6. The summed E-state index contributed by atoms with van der Waals surface area (Å²) in [4.78, 5) is 35.7. The molecule has 0 rings (SSSR count). The van der Waals surface area contributed by atoms with Gasteiger partial charge in [0.2, 0.25) is 0 Å². The normalized spacial score (nSPS) is 13.9. The number of carbonyl (C=O) groups is 2. The predicted octanol–water partition coefficient (Wildman–Crippen LogP) is 18.3. The average Bonchev–Trinajstić information content (AvgIpc) is 3.34. The lowest BCUT2D eigenvalue weighted by Crippen LogP contribution is -2.37. The third kappa shape index (κ3) is 56.5. The lowest BCUT2D eigenvalue weighted by molar-refractivity contribution is -0.870. The van der Waals surface area contributed by atoms with Gasteiger partial charge in [0.25, 0.3) is 0 Å². The molecule has 0 aliphatic carbocycles. The van der Waals surface area contributed by atoms with Crippen LogP contribution in [0.4, 0.5) is 0 Å². The molecule has 0 heterocycles. The molecule has 0 saturated heterocycles. The van der Waals surface area contributed by atoms with Crippen LogP contribution >= 0.6 is 7.82 Å². The highest BCUT2D eigenvalue weighted by atomic mass is 31.2. The Morgan fingerprint density at radius 1 is 0.444 bits per heavy atom. The van der Waals surface area contributed by atoms with Crippen molar-refractivity contribution in [3.63, 3.8) is 0 Å². The van der Waals surface area contributed by atoms with Crippen molar-refractivity contribution in [2.24, 2.45) is 0 Å². The van der Waals surface area contributed by atoms with Crippen molar-refractivity contribution in [2.45, 2.75) is 251 Å². The molecule has 0 amide bonds. The summed E-state index contributed by atoms with van der Waals surface area (Å²) in [6.07, 6.45) is 70.7. The average molecular weight is 1030 g/mol.